The summed E-state index contributed by atoms with van der Waals surface area (Å²) < 4.78 is 29.5. The molecule has 0 saturated heterocycles. The van der Waals surface area contributed by atoms with E-state index < -0.39 is 18.6 Å². The van der Waals surface area contributed by atoms with Gasteiger partial charge in [-0.1, -0.05) is 37.3 Å². The lowest BCUT2D eigenvalue weighted by Crippen LogP contribution is -2.20. The highest BCUT2D eigenvalue weighted by atomic mass is 19.3. The fourth-order valence-corrected chi connectivity index (χ4v) is 1.99. The number of nitrogens with zero attached hydrogens (tertiary/aromatic N) is 1. The molecule has 1 aromatic heterocycles. The van der Waals surface area contributed by atoms with Crippen molar-refractivity contribution in [3.63, 3.8) is 0 Å². The second kappa shape index (κ2) is 5.53. The van der Waals surface area contributed by atoms with E-state index in [1.54, 1.807) is 36.7 Å². The number of benzene rings is 1. The molecule has 0 aliphatic carbocycles. The molecule has 2 rings (SSSR count). The lowest BCUT2D eigenvalue weighted by atomic mass is 10.1. The number of aromatic nitrogens is 1. The van der Waals surface area contributed by atoms with Crippen LogP contribution in [0.5, 0.6) is 0 Å². The van der Waals surface area contributed by atoms with Gasteiger partial charge in [-0.05, 0) is 18.1 Å². The Kier molecular flexibility index (Phi) is 4.00. The van der Waals surface area contributed by atoms with E-state index in [9.17, 15) is 13.9 Å². The molecule has 1 atom stereocenters. The summed E-state index contributed by atoms with van der Waals surface area (Å²) in [5, 5.41) is 9.66. The van der Waals surface area contributed by atoms with E-state index in [-0.39, 0.29) is 5.56 Å². The fourth-order valence-electron chi connectivity index (χ4n) is 1.99. The van der Waals surface area contributed by atoms with Crippen molar-refractivity contribution < 1.29 is 13.9 Å². The van der Waals surface area contributed by atoms with Crippen LogP contribution in [0, 0.1) is 0 Å². The molecule has 1 N–H and O–H groups in total. The number of hydrogen-bond acceptors (Lipinski definition) is 1. The van der Waals surface area contributed by atoms with Crippen LogP contribution in [0.15, 0.2) is 48.8 Å². The van der Waals surface area contributed by atoms with Crippen LogP contribution < -0.4 is 0 Å². The number of aliphatic hydroxyl groups is 1. The van der Waals surface area contributed by atoms with Crippen molar-refractivity contribution in [1.29, 1.82) is 0 Å². The zero-order valence-electron chi connectivity index (χ0n) is 10.8. The summed E-state index contributed by atoms with van der Waals surface area (Å²) in [7, 11) is 0. The predicted molar refractivity (Wildman–Crippen MR) is 70.0 cm³/mol. The highest BCUT2D eigenvalue weighted by Gasteiger charge is 2.31. The van der Waals surface area contributed by atoms with E-state index >= 15 is 0 Å². The molecule has 0 amide bonds. The first-order valence-corrected chi connectivity index (χ1v) is 6.30. The third-order valence-electron chi connectivity index (χ3n) is 3.12. The Morgan fingerprint density at radius 3 is 2.53 bits per heavy atom. The Balaban J connectivity index is 2.14. The largest absolute Gasteiger partial charge is 0.388 e. The number of hydrogen-bond donors (Lipinski definition) is 1. The van der Waals surface area contributed by atoms with Gasteiger partial charge in [0.25, 0.3) is 5.92 Å². The van der Waals surface area contributed by atoms with Crippen LogP contribution in [-0.2, 0) is 12.5 Å². The first-order chi connectivity index (χ1) is 9.03. The molecule has 19 heavy (non-hydrogen) atoms. The zero-order chi connectivity index (χ0) is 13.9. The van der Waals surface area contributed by atoms with Crippen LogP contribution in [-0.4, -0.2) is 9.67 Å². The summed E-state index contributed by atoms with van der Waals surface area (Å²) in [6, 6.07) is 9.44. The average molecular weight is 265 g/mol. The summed E-state index contributed by atoms with van der Waals surface area (Å²) in [4.78, 5) is 0. The van der Waals surface area contributed by atoms with E-state index in [1.807, 2.05) is 6.92 Å². The number of rotatable bonds is 5. The standard InChI is InChI=1S/C15H17F2NO/c1-2-14(19)12-8-9-18(10-12)11-15(16,17)13-6-4-3-5-7-13/h3-10,14,19H,2,11H2,1H3. The molecule has 0 aliphatic heterocycles. The molecule has 2 aromatic rings. The molecular formula is C15H17F2NO. The van der Waals surface area contributed by atoms with E-state index in [0.29, 0.717) is 12.0 Å². The van der Waals surface area contributed by atoms with Gasteiger partial charge in [0.1, 0.15) is 0 Å². The van der Waals surface area contributed by atoms with Crippen molar-refractivity contribution in [3.8, 4) is 0 Å². The maximum Gasteiger partial charge on any atom is 0.290 e. The molecule has 1 heterocycles. The van der Waals surface area contributed by atoms with Crippen molar-refractivity contribution in [1.82, 2.24) is 4.57 Å². The van der Waals surface area contributed by atoms with Gasteiger partial charge in [0, 0.05) is 18.0 Å². The molecular weight excluding hydrogens is 248 g/mol. The first kappa shape index (κ1) is 13.7. The Hall–Kier alpha value is -1.68. The highest BCUT2D eigenvalue weighted by Crippen LogP contribution is 2.30. The normalized spacial score (nSPS) is 13.5. The summed E-state index contributed by atoms with van der Waals surface area (Å²) in [6.45, 7) is 1.42. The summed E-state index contributed by atoms with van der Waals surface area (Å²) >= 11 is 0. The molecule has 0 saturated carbocycles. The van der Waals surface area contributed by atoms with Gasteiger partial charge in [0.15, 0.2) is 0 Å². The van der Waals surface area contributed by atoms with Crippen molar-refractivity contribution in [2.24, 2.45) is 0 Å². The van der Waals surface area contributed by atoms with Crippen LogP contribution in [0.4, 0.5) is 8.78 Å². The molecule has 2 nitrogen and oxygen atoms in total. The average Bonchev–Trinajstić information content (AvgIpc) is 2.86. The second-order valence-corrected chi connectivity index (χ2v) is 4.61. The van der Waals surface area contributed by atoms with Gasteiger partial charge >= 0.3 is 0 Å². The monoisotopic (exact) mass is 265 g/mol. The molecule has 0 bridgehead atoms. The van der Waals surface area contributed by atoms with Gasteiger partial charge in [-0.25, -0.2) is 0 Å². The second-order valence-electron chi connectivity index (χ2n) is 4.61. The van der Waals surface area contributed by atoms with Crippen LogP contribution in [0.2, 0.25) is 0 Å². The van der Waals surface area contributed by atoms with Gasteiger partial charge in [0.05, 0.1) is 12.6 Å². The molecule has 1 aromatic carbocycles. The van der Waals surface area contributed by atoms with Crippen molar-refractivity contribution >= 4 is 0 Å². The minimum Gasteiger partial charge on any atom is -0.388 e. The lowest BCUT2D eigenvalue weighted by molar-refractivity contribution is -0.0222. The summed E-state index contributed by atoms with van der Waals surface area (Å²) in [6.07, 6.45) is 3.13. The number of halogens is 2. The van der Waals surface area contributed by atoms with Gasteiger partial charge in [0.2, 0.25) is 0 Å². The Labute approximate surface area is 111 Å². The Morgan fingerprint density at radius 1 is 1.21 bits per heavy atom. The third kappa shape index (κ3) is 3.20. The lowest BCUT2D eigenvalue weighted by Gasteiger charge is -2.17. The van der Waals surface area contributed by atoms with Gasteiger partial charge in [-0.15, -0.1) is 0 Å². The first-order valence-electron chi connectivity index (χ1n) is 6.30. The zero-order valence-corrected chi connectivity index (χ0v) is 10.8. The molecule has 0 aliphatic rings. The molecule has 102 valence electrons. The molecule has 0 fully saturated rings. The van der Waals surface area contributed by atoms with Crippen molar-refractivity contribution in [2.75, 3.05) is 0 Å². The maximum absolute atomic E-state index is 14.1. The van der Waals surface area contributed by atoms with E-state index in [0.717, 1.165) is 0 Å². The third-order valence-corrected chi connectivity index (χ3v) is 3.12. The van der Waals surface area contributed by atoms with Crippen LogP contribution in [0.25, 0.3) is 0 Å². The molecule has 0 spiro atoms. The predicted octanol–water partition coefficient (Wildman–Crippen LogP) is 3.72. The van der Waals surface area contributed by atoms with Crippen LogP contribution in [0.3, 0.4) is 0 Å². The number of alkyl halides is 2. The minimum atomic E-state index is -2.92. The minimum absolute atomic E-state index is 0.00119. The van der Waals surface area contributed by atoms with Crippen molar-refractivity contribution in [2.45, 2.75) is 31.9 Å². The van der Waals surface area contributed by atoms with E-state index in [2.05, 4.69) is 0 Å². The smallest absolute Gasteiger partial charge is 0.290 e. The Morgan fingerprint density at radius 2 is 1.89 bits per heavy atom. The fraction of sp³-hybridized carbons (Fsp3) is 0.333. The number of aliphatic hydroxyl groups excluding tert-OH is 1. The molecule has 4 heteroatoms. The Bertz CT molecular complexity index is 522. The van der Waals surface area contributed by atoms with E-state index in [1.165, 1.54) is 16.7 Å². The topological polar surface area (TPSA) is 25.2 Å². The highest BCUT2D eigenvalue weighted by molar-refractivity contribution is 5.20. The quantitative estimate of drug-likeness (QED) is 0.875. The molecule has 1 unspecified atom stereocenters. The van der Waals surface area contributed by atoms with E-state index in [4.69, 9.17) is 0 Å². The van der Waals surface area contributed by atoms with Crippen molar-refractivity contribution in [3.05, 3.63) is 59.9 Å². The van der Waals surface area contributed by atoms with Crippen LogP contribution in [0.1, 0.15) is 30.6 Å². The summed E-state index contributed by atoms with van der Waals surface area (Å²) in [5.74, 6) is -2.92. The van der Waals surface area contributed by atoms with Crippen LogP contribution >= 0.6 is 0 Å². The SMILES string of the molecule is CCC(O)c1ccn(CC(F)(F)c2ccccc2)c1. The van der Waals surface area contributed by atoms with Gasteiger partial charge < -0.3 is 9.67 Å². The maximum atomic E-state index is 14.1. The molecule has 0 radical (unpaired) electrons. The van der Waals surface area contributed by atoms with Gasteiger partial charge in [-0.3, -0.25) is 0 Å². The van der Waals surface area contributed by atoms with Gasteiger partial charge in [-0.2, -0.15) is 8.78 Å². The summed E-state index contributed by atoms with van der Waals surface area (Å²) in [5.41, 5.74) is 0.674.